The van der Waals surface area contributed by atoms with Crippen LogP contribution in [0.15, 0.2) is 18.2 Å². The van der Waals surface area contributed by atoms with Gasteiger partial charge in [0, 0.05) is 9.99 Å². The standard InChI is InChI=1S/C10H10ClIO2/c1-14-10(13)5-3-7-2-4-8(11)9(12)6-7/h2,4,6H,3,5H2,1H3. The molecule has 14 heavy (non-hydrogen) atoms. The van der Waals surface area contributed by atoms with Crippen LogP contribution in [0.1, 0.15) is 12.0 Å². The summed E-state index contributed by atoms with van der Waals surface area (Å²) in [6.45, 7) is 0. The molecule has 1 rings (SSSR count). The van der Waals surface area contributed by atoms with Gasteiger partial charge in [0.1, 0.15) is 0 Å². The van der Waals surface area contributed by atoms with Crippen molar-refractivity contribution >= 4 is 40.2 Å². The molecule has 0 aliphatic heterocycles. The molecule has 0 heterocycles. The van der Waals surface area contributed by atoms with Crippen molar-refractivity contribution in [1.82, 2.24) is 0 Å². The SMILES string of the molecule is COC(=O)CCc1ccc(Cl)c(I)c1. The van der Waals surface area contributed by atoms with Crippen molar-refractivity contribution in [3.63, 3.8) is 0 Å². The molecule has 4 heteroatoms. The minimum Gasteiger partial charge on any atom is -0.469 e. The molecule has 0 atom stereocenters. The van der Waals surface area contributed by atoms with E-state index in [2.05, 4.69) is 27.3 Å². The monoisotopic (exact) mass is 324 g/mol. The Morgan fingerprint density at radius 1 is 1.57 bits per heavy atom. The van der Waals surface area contributed by atoms with Gasteiger partial charge in [0.15, 0.2) is 0 Å². The molecule has 0 radical (unpaired) electrons. The van der Waals surface area contributed by atoms with E-state index in [4.69, 9.17) is 11.6 Å². The Balaban J connectivity index is 2.60. The van der Waals surface area contributed by atoms with Crippen molar-refractivity contribution in [2.45, 2.75) is 12.8 Å². The van der Waals surface area contributed by atoms with E-state index in [-0.39, 0.29) is 5.97 Å². The summed E-state index contributed by atoms with van der Waals surface area (Å²) < 4.78 is 5.57. The molecule has 0 bridgehead atoms. The molecule has 0 amide bonds. The van der Waals surface area contributed by atoms with Crippen LogP contribution in [0.4, 0.5) is 0 Å². The molecule has 0 N–H and O–H groups in total. The number of benzene rings is 1. The maximum absolute atomic E-state index is 10.9. The van der Waals surface area contributed by atoms with Crippen LogP contribution in [0, 0.1) is 3.57 Å². The van der Waals surface area contributed by atoms with Crippen LogP contribution >= 0.6 is 34.2 Å². The number of esters is 1. The number of aryl methyl sites for hydroxylation is 1. The number of hydrogen-bond acceptors (Lipinski definition) is 2. The molecule has 0 aromatic heterocycles. The van der Waals surface area contributed by atoms with Crippen LogP contribution in [-0.4, -0.2) is 13.1 Å². The first-order valence-corrected chi connectivity index (χ1v) is 5.60. The third-order valence-corrected chi connectivity index (χ3v) is 3.37. The maximum Gasteiger partial charge on any atom is 0.305 e. The van der Waals surface area contributed by atoms with Crippen molar-refractivity contribution < 1.29 is 9.53 Å². The lowest BCUT2D eigenvalue weighted by molar-refractivity contribution is -0.140. The highest BCUT2D eigenvalue weighted by Gasteiger charge is 2.03. The van der Waals surface area contributed by atoms with Gasteiger partial charge < -0.3 is 4.74 Å². The molecular formula is C10H10ClIO2. The molecule has 0 unspecified atom stereocenters. The molecule has 76 valence electrons. The number of methoxy groups -OCH3 is 1. The fourth-order valence-corrected chi connectivity index (χ4v) is 1.74. The Hall–Kier alpha value is -0.290. The first kappa shape index (κ1) is 11.8. The molecule has 1 aromatic carbocycles. The zero-order valence-corrected chi connectivity index (χ0v) is 10.6. The average Bonchev–Trinajstić information content (AvgIpc) is 2.19. The van der Waals surface area contributed by atoms with Crippen LogP contribution in [-0.2, 0) is 16.0 Å². The molecule has 0 fully saturated rings. The Morgan fingerprint density at radius 3 is 2.86 bits per heavy atom. The zero-order chi connectivity index (χ0) is 10.6. The van der Waals surface area contributed by atoms with Crippen LogP contribution < -0.4 is 0 Å². The fourth-order valence-electron chi connectivity index (χ4n) is 1.04. The van der Waals surface area contributed by atoms with E-state index in [0.29, 0.717) is 12.8 Å². The van der Waals surface area contributed by atoms with E-state index < -0.39 is 0 Å². The highest BCUT2D eigenvalue weighted by atomic mass is 127. The van der Waals surface area contributed by atoms with Crippen molar-refractivity contribution in [3.8, 4) is 0 Å². The smallest absolute Gasteiger partial charge is 0.305 e. The molecule has 1 aromatic rings. The van der Waals surface area contributed by atoms with E-state index in [0.717, 1.165) is 14.2 Å². The third kappa shape index (κ3) is 3.46. The van der Waals surface area contributed by atoms with Crippen LogP contribution in [0.5, 0.6) is 0 Å². The lowest BCUT2D eigenvalue weighted by atomic mass is 10.1. The second-order valence-electron chi connectivity index (χ2n) is 2.82. The minimum atomic E-state index is -0.185. The highest BCUT2D eigenvalue weighted by molar-refractivity contribution is 14.1. The lowest BCUT2D eigenvalue weighted by Crippen LogP contribution is -2.01. The van der Waals surface area contributed by atoms with Crippen LogP contribution in [0.3, 0.4) is 0 Å². The summed E-state index contributed by atoms with van der Waals surface area (Å²) in [5.41, 5.74) is 1.10. The van der Waals surface area contributed by atoms with Gasteiger partial charge in [-0.2, -0.15) is 0 Å². The van der Waals surface area contributed by atoms with Gasteiger partial charge in [-0.1, -0.05) is 17.7 Å². The second-order valence-corrected chi connectivity index (χ2v) is 4.39. The van der Waals surface area contributed by atoms with E-state index in [1.54, 1.807) is 0 Å². The third-order valence-electron chi connectivity index (χ3n) is 1.83. The highest BCUT2D eigenvalue weighted by Crippen LogP contribution is 2.20. The van der Waals surface area contributed by atoms with E-state index in [1.165, 1.54) is 7.11 Å². The van der Waals surface area contributed by atoms with Gasteiger partial charge >= 0.3 is 5.97 Å². The first-order chi connectivity index (χ1) is 6.63. The van der Waals surface area contributed by atoms with Gasteiger partial charge in [-0.15, -0.1) is 0 Å². The molecule has 0 spiro atoms. The van der Waals surface area contributed by atoms with Crippen molar-refractivity contribution in [1.29, 1.82) is 0 Å². The number of hydrogen-bond donors (Lipinski definition) is 0. The van der Waals surface area contributed by atoms with Crippen molar-refractivity contribution in [3.05, 3.63) is 32.4 Å². The second kappa shape index (κ2) is 5.56. The Labute approximate surface area is 102 Å². The summed E-state index contributed by atoms with van der Waals surface area (Å²) >= 11 is 8.04. The van der Waals surface area contributed by atoms with E-state index in [1.807, 2.05) is 18.2 Å². The molecule has 0 aliphatic rings. The molecule has 0 aliphatic carbocycles. The fraction of sp³-hybridized carbons (Fsp3) is 0.300. The quantitative estimate of drug-likeness (QED) is 0.631. The zero-order valence-electron chi connectivity index (χ0n) is 7.72. The lowest BCUT2D eigenvalue weighted by Gasteiger charge is -2.02. The Morgan fingerprint density at radius 2 is 2.29 bits per heavy atom. The summed E-state index contributed by atoms with van der Waals surface area (Å²) in [5.74, 6) is -0.185. The minimum absolute atomic E-state index is 0.185. The van der Waals surface area contributed by atoms with Gasteiger partial charge in [-0.25, -0.2) is 0 Å². The number of carbonyl (C=O) groups excluding carboxylic acids is 1. The maximum atomic E-state index is 10.9. The summed E-state index contributed by atoms with van der Waals surface area (Å²) in [6, 6.07) is 5.75. The van der Waals surface area contributed by atoms with Crippen molar-refractivity contribution in [2.24, 2.45) is 0 Å². The summed E-state index contributed by atoms with van der Waals surface area (Å²) in [6.07, 6.45) is 1.11. The van der Waals surface area contributed by atoms with Gasteiger partial charge in [-0.05, 0) is 46.7 Å². The van der Waals surface area contributed by atoms with Crippen LogP contribution in [0.25, 0.3) is 0 Å². The summed E-state index contributed by atoms with van der Waals surface area (Å²) in [7, 11) is 1.40. The number of halogens is 2. The van der Waals surface area contributed by atoms with Gasteiger partial charge in [0.2, 0.25) is 0 Å². The largest absolute Gasteiger partial charge is 0.469 e. The molecule has 2 nitrogen and oxygen atoms in total. The van der Waals surface area contributed by atoms with E-state index in [9.17, 15) is 4.79 Å². The molecule has 0 saturated carbocycles. The Kier molecular flexibility index (Phi) is 4.68. The number of ether oxygens (including phenoxy) is 1. The summed E-state index contributed by atoms with van der Waals surface area (Å²) in [5, 5.41) is 0.743. The number of carbonyl (C=O) groups is 1. The molecule has 0 saturated heterocycles. The topological polar surface area (TPSA) is 26.3 Å². The van der Waals surface area contributed by atoms with Crippen molar-refractivity contribution in [2.75, 3.05) is 7.11 Å². The predicted octanol–water partition coefficient (Wildman–Crippen LogP) is 3.05. The van der Waals surface area contributed by atoms with Crippen LogP contribution in [0.2, 0.25) is 5.02 Å². The average molecular weight is 325 g/mol. The predicted molar refractivity (Wildman–Crippen MR) is 64.5 cm³/mol. The number of rotatable bonds is 3. The normalized spacial score (nSPS) is 9.93. The first-order valence-electron chi connectivity index (χ1n) is 4.14. The van der Waals surface area contributed by atoms with E-state index >= 15 is 0 Å². The molecular weight excluding hydrogens is 314 g/mol. The van der Waals surface area contributed by atoms with Gasteiger partial charge in [0.05, 0.1) is 12.1 Å². The van der Waals surface area contributed by atoms with Gasteiger partial charge in [-0.3, -0.25) is 4.79 Å². The van der Waals surface area contributed by atoms with Gasteiger partial charge in [0.25, 0.3) is 0 Å². The summed E-state index contributed by atoms with van der Waals surface area (Å²) in [4.78, 5) is 10.9. The Bertz CT molecular complexity index is 339.